The molecule has 0 fully saturated rings. The van der Waals surface area contributed by atoms with Crippen LogP contribution in [0.15, 0.2) is 12.1 Å². The fourth-order valence-corrected chi connectivity index (χ4v) is 2.18. The molecule has 1 aromatic heterocycles. The van der Waals surface area contributed by atoms with Gasteiger partial charge < -0.3 is 24.4 Å². The van der Waals surface area contributed by atoms with Gasteiger partial charge in [-0.1, -0.05) is 13.8 Å². The van der Waals surface area contributed by atoms with Gasteiger partial charge in [-0.2, -0.15) is 15.0 Å². The molecular weight excluding hydrogens is 322 g/mol. The fraction of sp³-hybridized carbons (Fsp3) is 0.471. The zero-order chi connectivity index (χ0) is 18.6. The highest BCUT2D eigenvalue weighted by molar-refractivity contribution is 5.66. The van der Waals surface area contributed by atoms with Crippen LogP contribution in [0.25, 0.3) is 0 Å². The molecule has 0 atom stereocenters. The van der Waals surface area contributed by atoms with Crippen LogP contribution in [0, 0.1) is 0 Å². The zero-order valence-electron chi connectivity index (χ0n) is 15.7. The van der Waals surface area contributed by atoms with Gasteiger partial charge in [-0.15, -0.1) is 0 Å². The highest BCUT2D eigenvalue weighted by Gasteiger charge is 2.15. The molecule has 0 aliphatic carbocycles. The Kier molecular flexibility index (Phi) is 5.84. The van der Waals surface area contributed by atoms with Crippen molar-refractivity contribution in [2.45, 2.75) is 19.8 Å². The fourth-order valence-electron chi connectivity index (χ4n) is 2.18. The van der Waals surface area contributed by atoms with E-state index in [0.29, 0.717) is 35.0 Å². The van der Waals surface area contributed by atoms with Gasteiger partial charge >= 0.3 is 0 Å². The van der Waals surface area contributed by atoms with Crippen molar-refractivity contribution in [1.82, 2.24) is 15.0 Å². The quantitative estimate of drug-likeness (QED) is 0.819. The van der Waals surface area contributed by atoms with Crippen molar-refractivity contribution in [2.75, 3.05) is 45.6 Å². The van der Waals surface area contributed by atoms with E-state index in [-0.39, 0.29) is 5.92 Å². The SMILES string of the molecule is COc1cc(Nc2nc(C(C)C)nc(N(C)C)n2)cc(OC)c1OC. The van der Waals surface area contributed by atoms with Crippen LogP contribution in [-0.4, -0.2) is 50.4 Å². The first kappa shape index (κ1) is 18.6. The van der Waals surface area contributed by atoms with Crippen molar-refractivity contribution in [1.29, 1.82) is 0 Å². The van der Waals surface area contributed by atoms with Crippen molar-refractivity contribution in [2.24, 2.45) is 0 Å². The number of ether oxygens (including phenoxy) is 3. The van der Waals surface area contributed by atoms with Crippen molar-refractivity contribution in [3.63, 3.8) is 0 Å². The van der Waals surface area contributed by atoms with E-state index in [1.165, 1.54) is 0 Å². The van der Waals surface area contributed by atoms with Crippen LogP contribution in [0.1, 0.15) is 25.6 Å². The molecule has 0 saturated heterocycles. The first-order chi connectivity index (χ1) is 11.9. The first-order valence-electron chi connectivity index (χ1n) is 7.89. The summed E-state index contributed by atoms with van der Waals surface area (Å²) in [6.45, 7) is 4.08. The third-order valence-corrected chi connectivity index (χ3v) is 3.48. The second-order valence-electron chi connectivity index (χ2n) is 5.91. The summed E-state index contributed by atoms with van der Waals surface area (Å²) < 4.78 is 16.1. The number of nitrogens with one attached hydrogen (secondary N) is 1. The Morgan fingerprint density at radius 3 is 1.96 bits per heavy atom. The highest BCUT2D eigenvalue weighted by atomic mass is 16.5. The maximum Gasteiger partial charge on any atom is 0.232 e. The third kappa shape index (κ3) is 4.20. The third-order valence-electron chi connectivity index (χ3n) is 3.48. The molecule has 0 spiro atoms. The van der Waals surface area contributed by atoms with Gasteiger partial charge in [0.2, 0.25) is 17.6 Å². The van der Waals surface area contributed by atoms with E-state index >= 15 is 0 Å². The molecule has 8 heteroatoms. The maximum absolute atomic E-state index is 5.37. The Bertz CT molecular complexity index is 683. The first-order valence-corrected chi connectivity index (χ1v) is 7.89. The van der Waals surface area contributed by atoms with Crippen LogP contribution in [0.4, 0.5) is 17.6 Å². The molecule has 1 N–H and O–H groups in total. The molecule has 0 aliphatic rings. The summed E-state index contributed by atoms with van der Waals surface area (Å²) in [5.41, 5.74) is 0.722. The van der Waals surface area contributed by atoms with Crippen molar-refractivity contribution in [3.8, 4) is 17.2 Å². The molecule has 136 valence electrons. The summed E-state index contributed by atoms with van der Waals surface area (Å²) in [6.07, 6.45) is 0. The molecule has 0 radical (unpaired) electrons. The van der Waals surface area contributed by atoms with Gasteiger partial charge in [0, 0.05) is 37.8 Å². The number of nitrogens with zero attached hydrogens (tertiary/aromatic N) is 4. The standard InChI is InChI=1S/C17H25N5O3/c1-10(2)15-19-16(21-17(20-15)22(3)4)18-11-8-12(23-5)14(25-7)13(9-11)24-6/h8-10H,1-7H3,(H,18,19,20,21). The van der Waals surface area contributed by atoms with Gasteiger partial charge in [-0.3, -0.25) is 0 Å². The van der Waals surface area contributed by atoms with Crippen molar-refractivity contribution in [3.05, 3.63) is 18.0 Å². The monoisotopic (exact) mass is 347 g/mol. The largest absolute Gasteiger partial charge is 0.493 e. The Morgan fingerprint density at radius 2 is 1.52 bits per heavy atom. The lowest BCUT2D eigenvalue weighted by atomic mass is 10.2. The van der Waals surface area contributed by atoms with Gasteiger partial charge in [0.1, 0.15) is 5.82 Å². The molecule has 0 aliphatic heterocycles. The van der Waals surface area contributed by atoms with Crippen molar-refractivity contribution >= 4 is 17.6 Å². The predicted molar refractivity (Wildman–Crippen MR) is 97.6 cm³/mol. The number of rotatable bonds is 7. The van der Waals surface area contributed by atoms with Gasteiger partial charge in [-0.25, -0.2) is 0 Å². The van der Waals surface area contributed by atoms with Gasteiger partial charge in [-0.05, 0) is 0 Å². The van der Waals surface area contributed by atoms with Crippen molar-refractivity contribution < 1.29 is 14.2 Å². The molecule has 25 heavy (non-hydrogen) atoms. The molecule has 2 aromatic rings. The molecule has 1 heterocycles. The molecule has 8 nitrogen and oxygen atoms in total. The number of benzene rings is 1. The molecule has 2 rings (SSSR count). The van der Waals surface area contributed by atoms with E-state index in [0.717, 1.165) is 5.69 Å². The number of anilines is 3. The van der Waals surface area contributed by atoms with E-state index in [4.69, 9.17) is 14.2 Å². The number of methoxy groups -OCH3 is 3. The molecule has 0 saturated carbocycles. The molecule has 0 unspecified atom stereocenters. The summed E-state index contributed by atoms with van der Waals surface area (Å²) in [4.78, 5) is 15.2. The van der Waals surface area contributed by atoms with Gasteiger partial charge in [0.05, 0.1) is 21.3 Å². The van der Waals surface area contributed by atoms with Crippen LogP contribution >= 0.6 is 0 Å². The lowest BCUT2D eigenvalue weighted by molar-refractivity contribution is 0.324. The minimum atomic E-state index is 0.183. The Hall–Kier alpha value is -2.77. The molecular formula is C17H25N5O3. The molecule has 1 aromatic carbocycles. The predicted octanol–water partition coefficient (Wildman–Crippen LogP) is 2.83. The number of hydrogen-bond donors (Lipinski definition) is 1. The van der Waals surface area contributed by atoms with E-state index < -0.39 is 0 Å². The highest BCUT2D eigenvalue weighted by Crippen LogP contribution is 2.40. The zero-order valence-corrected chi connectivity index (χ0v) is 15.7. The minimum Gasteiger partial charge on any atom is -0.493 e. The average Bonchev–Trinajstić information content (AvgIpc) is 2.60. The average molecular weight is 347 g/mol. The molecule has 0 amide bonds. The summed E-state index contributed by atoms with van der Waals surface area (Å²) in [5, 5.41) is 3.19. The maximum atomic E-state index is 5.37. The van der Waals surface area contributed by atoms with Gasteiger partial charge in [0.15, 0.2) is 11.5 Å². The second kappa shape index (κ2) is 7.87. The van der Waals surface area contributed by atoms with E-state index in [9.17, 15) is 0 Å². The van der Waals surface area contributed by atoms with Gasteiger partial charge in [0.25, 0.3) is 0 Å². The summed E-state index contributed by atoms with van der Waals surface area (Å²) in [5.74, 6) is 3.58. The van der Waals surface area contributed by atoms with Crippen LogP contribution in [0.3, 0.4) is 0 Å². The van der Waals surface area contributed by atoms with Crippen LogP contribution in [-0.2, 0) is 0 Å². The topological polar surface area (TPSA) is 81.6 Å². The van der Waals surface area contributed by atoms with Crippen LogP contribution in [0.2, 0.25) is 0 Å². The normalized spacial score (nSPS) is 10.6. The summed E-state index contributed by atoms with van der Waals surface area (Å²) in [6, 6.07) is 3.60. The lowest BCUT2D eigenvalue weighted by Crippen LogP contribution is -2.16. The van der Waals surface area contributed by atoms with Crippen LogP contribution in [0.5, 0.6) is 17.2 Å². The van der Waals surface area contributed by atoms with E-state index in [2.05, 4.69) is 20.3 Å². The Morgan fingerprint density at radius 1 is 0.920 bits per heavy atom. The van der Waals surface area contributed by atoms with Crippen LogP contribution < -0.4 is 24.4 Å². The Labute approximate surface area is 148 Å². The van der Waals surface area contributed by atoms with E-state index in [1.807, 2.05) is 32.8 Å². The smallest absolute Gasteiger partial charge is 0.232 e. The Balaban J connectivity index is 2.45. The second-order valence-corrected chi connectivity index (χ2v) is 5.91. The van der Waals surface area contributed by atoms with E-state index in [1.54, 1.807) is 33.5 Å². The lowest BCUT2D eigenvalue weighted by Gasteiger charge is -2.16. The number of hydrogen-bond acceptors (Lipinski definition) is 8. The summed E-state index contributed by atoms with van der Waals surface area (Å²) in [7, 11) is 8.50. The molecule has 0 bridgehead atoms. The summed E-state index contributed by atoms with van der Waals surface area (Å²) >= 11 is 0. The number of aromatic nitrogens is 3. The minimum absolute atomic E-state index is 0.183.